The summed E-state index contributed by atoms with van der Waals surface area (Å²) in [4.78, 5) is 21.7. The van der Waals surface area contributed by atoms with Crippen molar-refractivity contribution in [3.05, 3.63) is 47.8 Å². The Kier molecular flexibility index (Phi) is 6.53. The van der Waals surface area contributed by atoms with Gasteiger partial charge in [0.05, 0.1) is 30.0 Å². The number of aromatic nitrogens is 1. The van der Waals surface area contributed by atoms with Gasteiger partial charge in [-0.15, -0.1) is 0 Å². The second-order valence-corrected chi connectivity index (χ2v) is 8.27. The molecule has 0 radical (unpaired) electrons. The van der Waals surface area contributed by atoms with Crippen molar-refractivity contribution in [3.63, 3.8) is 0 Å². The molecule has 1 aromatic heterocycles. The molecular weight excluding hydrogens is 419 g/mol. The summed E-state index contributed by atoms with van der Waals surface area (Å²) in [5.41, 5.74) is 1.32. The third-order valence-electron chi connectivity index (χ3n) is 5.35. The van der Waals surface area contributed by atoms with Gasteiger partial charge in [-0.2, -0.15) is 0 Å². The van der Waals surface area contributed by atoms with Gasteiger partial charge >= 0.3 is 0 Å². The number of anilines is 1. The molecule has 7 nitrogen and oxygen atoms in total. The molecule has 4 rings (SSSR count). The van der Waals surface area contributed by atoms with Crippen LogP contribution in [-0.4, -0.2) is 69.3 Å². The predicted molar refractivity (Wildman–Crippen MR) is 120 cm³/mol. The SMILES string of the molecule is COc1ccc(C(=O)NCCN2CCN(c3nc4ccc(F)cc4s3)CC2)c(OC)c1. The van der Waals surface area contributed by atoms with Crippen LogP contribution in [0.5, 0.6) is 11.5 Å². The van der Waals surface area contributed by atoms with Gasteiger partial charge in [-0.25, -0.2) is 9.37 Å². The monoisotopic (exact) mass is 444 g/mol. The van der Waals surface area contributed by atoms with E-state index in [9.17, 15) is 9.18 Å². The van der Waals surface area contributed by atoms with Gasteiger partial charge in [-0.3, -0.25) is 9.69 Å². The topological polar surface area (TPSA) is 66.9 Å². The van der Waals surface area contributed by atoms with Crippen LogP contribution in [0, 0.1) is 5.82 Å². The maximum Gasteiger partial charge on any atom is 0.255 e. The summed E-state index contributed by atoms with van der Waals surface area (Å²) in [5.74, 6) is 0.729. The Labute approximate surface area is 184 Å². The van der Waals surface area contributed by atoms with E-state index in [-0.39, 0.29) is 11.7 Å². The molecule has 1 fully saturated rings. The number of thiazole rings is 1. The molecule has 0 aliphatic carbocycles. The van der Waals surface area contributed by atoms with Gasteiger partial charge in [0.1, 0.15) is 17.3 Å². The molecule has 1 amide bonds. The number of amides is 1. The number of rotatable bonds is 7. The molecular formula is C22H25FN4O3S. The first-order valence-corrected chi connectivity index (χ1v) is 10.9. The van der Waals surface area contributed by atoms with E-state index in [1.807, 2.05) is 0 Å². The first-order valence-electron chi connectivity index (χ1n) is 10.1. The fraction of sp³-hybridized carbons (Fsp3) is 0.364. The Morgan fingerprint density at radius 2 is 1.94 bits per heavy atom. The van der Waals surface area contributed by atoms with Crippen molar-refractivity contribution in [1.29, 1.82) is 0 Å². The van der Waals surface area contributed by atoms with Crippen molar-refractivity contribution in [2.75, 3.05) is 58.4 Å². The highest BCUT2D eigenvalue weighted by Gasteiger charge is 2.20. The third-order valence-corrected chi connectivity index (χ3v) is 6.43. The summed E-state index contributed by atoms with van der Waals surface area (Å²) in [6, 6.07) is 9.85. The van der Waals surface area contributed by atoms with Crippen LogP contribution >= 0.6 is 11.3 Å². The lowest BCUT2D eigenvalue weighted by atomic mass is 10.1. The minimum absolute atomic E-state index is 0.167. The van der Waals surface area contributed by atoms with Gasteiger partial charge in [0.25, 0.3) is 5.91 Å². The van der Waals surface area contributed by atoms with Crippen molar-refractivity contribution in [3.8, 4) is 11.5 Å². The quantitative estimate of drug-likeness (QED) is 0.604. The lowest BCUT2D eigenvalue weighted by Crippen LogP contribution is -2.48. The van der Waals surface area contributed by atoms with E-state index in [0.29, 0.717) is 23.6 Å². The van der Waals surface area contributed by atoms with Crippen LogP contribution in [0.15, 0.2) is 36.4 Å². The number of ether oxygens (including phenoxy) is 2. The molecule has 0 unspecified atom stereocenters. The number of carbonyl (C=O) groups is 1. The van der Waals surface area contributed by atoms with Crippen LogP contribution in [0.4, 0.5) is 9.52 Å². The predicted octanol–water partition coefficient (Wildman–Crippen LogP) is 3.00. The largest absolute Gasteiger partial charge is 0.497 e. The molecule has 1 saturated heterocycles. The number of carbonyl (C=O) groups excluding carboxylic acids is 1. The first kappa shape index (κ1) is 21.3. The van der Waals surface area contributed by atoms with Gasteiger partial charge in [0.15, 0.2) is 5.13 Å². The van der Waals surface area contributed by atoms with E-state index < -0.39 is 0 Å². The fourth-order valence-electron chi connectivity index (χ4n) is 3.59. The van der Waals surface area contributed by atoms with Crippen molar-refractivity contribution in [2.24, 2.45) is 0 Å². The minimum atomic E-state index is -0.234. The zero-order valence-corrected chi connectivity index (χ0v) is 18.4. The van der Waals surface area contributed by atoms with Gasteiger partial charge in [0.2, 0.25) is 0 Å². The molecule has 0 spiro atoms. The normalized spacial score (nSPS) is 14.6. The van der Waals surface area contributed by atoms with E-state index in [2.05, 4.69) is 20.1 Å². The summed E-state index contributed by atoms with van der Waals surface area (Å²) < 4.78 is 24.8. The summed E-state index contributed by atoms with van der Waals surface area (Å²) in [6.07, 6.45) is 0. The molecule has 31 heavy (non-hydrogen) atoms. The smallest absolute Gasteiger partial charge is 0.255 e. The van der Waals surface area contributed by atoms with E-state index in [1.54, 1.807) is 31.4 Å². The van der Waals surface area contributed by atoms with Crippen LogP contribution in [0.25, 0.3) is 10.2 Å². The van der Waals surface area contributed by atoms with Crippen LogP contribution in [0.2, 0.25) is 0 Å². The van der Waals surface area contributed by atoms with Crippen LogP contribution in [0.3, 0.4) is 0 Å². The zero-order chi connectivity index (χ0) is 21.8. The Bertz CT molecular complexity index is 1070. The number of fused-ring (bicyclic) bond motifs is 1. The third kappa shape index (κ3) is 4.88. The summed E-state index contributed by atoms with van der Waals surface area (Å²) >= 11 is 1.52. The average Bonchev–Trinajstić information content (AvgIpc) is 3.22. The van der Waals surface area contributed by atoms with Crippen LogP contribution in [0.1, 0.15) is 10.4 Å². The van der Waals surface area contributed by atoms with E-state index >= 15 is 0 Å². The van der Waals surface area contributed by atoms with E-state index in [4.69, 9.17) is 9.47 Å². The van der Waals surface area contributed by atoms with Gasteiger partial charge in [-0.05, 0) is 30.3 Å². The number of nitrogens with one attached hydrogen (secondary N) is 1. The van der Waals surface area contributed by atoms with Gasteiger partial charge in [0, 0.05) is 45.3 Å². The van der Waals surface area contributed by atoms with Crippen molar-refractivity contribution < 1.29 is 18.7 Å². The molecule has 0 atom stereocenters. The van der Waals surface area contributed by atoms with Crippen molar-refractivity contribution >= 4 is 32.6 Å². The number of piperazine rings is 1. The number of nitrogens with zero attached hydrogens (tertiary/aromatic N) is 3. The summed E-state index contributed by atoms with van der Waals surface area (Å²) in [6.45, 7) is 4.78. The molecule has 9 heteroatoms. The number of benzene rings is 2. The second-order valence-electron chi connectivity index (χ2n) is 7.26. The zero-order valence-electron chi connectivity index (χ0n) is 17.6. The number of hydrogen-bond acceptors (Lipinski definition) is 7. The Morgan fingerprint density at radius 3 is 2.68 bits per heavy atom. The molecule has 2 heterocycles. The molecule has 0 saturated carbocycles. The van der Waals surface area contributed by atoms with Gasteiger partial charge < -0.3 is 19.7 Å². The fourth-order valence-corrected chi connectivity index (χ4v) is 4.64. The molecule has 0 bridgehead atoms. The number of hydrogen-bond donors (Lipinski definition) is 1. The highest BCUT2D eigenvalue weighted by Crippen LogP contribution is 2.30. The van der Waals surface area contributed by atoms with Crippen LogP contribution < -0.4 is 19.7 Å². The Morgan fingerprint density at radius 1 is 1.13 bits per heavy atom. The minimum Gasteiger partial charge on any atom is -0.497 e. The number of methoxy groups -OCH3 is 2. The summed E-state index contributed by atoms with van der Waals surface area (Å²) in [5, 5.41) is 3.89. The first-order chi connectivity index (χ1) is 15.1. The molecule has 2 aromatic carbocycles. The Balaban J connectivity index is 1.26. The molecule has 1 N–H and O–H groups in total. The Hall–Kier alpha value is -2.91. The maximum atomic E-state index is 13.4. The second kappa shape index (κ2) is 9.49. The van der Waals surface area contributed by atoms with Gasteiger partial charge in [-0.1, -0.05) is 11.3 Å². The van der Waals surface area contributed by atoms with Crippen molar-refractivity contribution in [1.82, 2.24) is 15.2 Å². The van der Waals surface area contributed by atoms with Crippen LogP contribution in [-0.2, 0) is 0 Å². The highest BCUT2D eigenvalue weighted by molar-refractivity contribution is 7.22. The number of halogens is 1. The molecule has 164 valence electrons. The maximum absolute atomic E-state index is 13.4. The standard InChI is InChI=1S/C22H25FN4O3S/c1-29-16-4-5-17(19(14-16)30-2)21(28)24-7-8-26-9-11-27(12-10-26)22-25-18-6-3-15(23)13-20(18)31-22/h3-6,13-14H,7-12H2,1-2H3,(H,24,28). The van der Waals surface area contributed by atoms with E-state index in [1.165, 1.54) is 30.6 Å². The molecule has 3 aromatic rings. The van der Waals surface area contributed by atoms with Crippen molar-refractivity contribution in [2.45, 2.75) is 0 Å². The summed E-state index contributed by atoms with van der Waals surface area (Å²) in [7, 11) is 3.11. The lowest BCUT2D eigenvalue weighted by molar-refractivity contribution is 0.0944. The van der Waals surface area contributed by atoms with E-state index in [0.717, 1.165) is 48.1 Å². The molecule has 1 aliphatic heterocycles. The average molecular weight is 445 g/mol. The highest BCUT2D eigenvalue weighted by atomic mass is 32.1. The lowest BCUT2D eigenvalue weighted by Gasteiger charge is -2.34. The molecule has 1 aliphatic rings.